The van der Waals surface area contributed by atoms with Gasteiger partial charge in [0.1, 0.15) is 5.69 Å². The molecule has 1 atom stereocenters. The fourth-order valence-electron chi connectivity index (χ4n) is 3.12. The van der Waals surface area contributed by atoms with Crippen LogP contribution in [0.2, 0.25) is 0 Å². The second-order valence-electron chi connectivity index (χ2n) is 5.26. The molecule has 94 valence electrons. The predicted molar refractivity (Wildman–Crippen MR) is 61.3 cm³/mol. The van der Waals surface area contributed by atoms with Crippen LogP contribution in [0.25, 0.3) is 0 Å². The minimum atomic E-state index is -0.0462. The molecule has 2 heterocycles. The molecule has 0 amide bonds. The quantitative estimate of drug-likeness (QED) is 0.859. The topological polar surface area (TPSA) is 60.2 Å². The minimum Gasteiger partial charge on any atom is -0.390 e. The number of hydrogen-bond acceptors (Lipinski definition) is 4. The summed E-state index contributed by atoms with van der Waals surface area (Å²) in [6.07, 6.45) is 9.44. The van der Waals surface area contributed by atoms with Gasteiger partial charge in [0, 0.05) is 0 Å². The Balaban J connectivity index is 1.59. The fourth-order valence-corrected chi connectivity index (χ4v) is 3.12. The molecular weight excluding hydrogens is 218 g/mol. The van der Waals surface area contributed by atoms with Crippen LogP contribution < -0.4 is 0 Å². The first kappa shape index (κ1) is 11.2. The van der Waals surface area contributed by atoms with E-state index in [0.717, 1.165) is 13.0 Å². The largest absolute Gasteiger partial charge is 0.390 e. The van der Waals surface area contributed by atoms with Gasteiger partial charge in [0.25, 0.3) is 0 Å². The second-order valence-corrected chi connectivity index (χ2v) is 5.26. The van der Waals surface area contributed by atoms with Crippen molar-refractivity contribution in [1.82, 2.24) is 15.0 Å². The number of aliphatic hydroxyl groups excluding tert-OH is 1. The zero-order valence-corrected chi connectivity index (χ0v) is 10.0. The zero-order valence-electron chi connectivity index (χ0n) is 10.0. The van der Waals surface area contributed by atoms with Gasteiger partial charge in [0.2, 0.25) is 0 Å². The molecule has 0 bridgehead atoms. The minimum absolute atomic E-state index is 0.0462. The number of rotatable bonds is 3. The van der Waals surface area contributed by atoms with Crippen molar-refractivity contribution in [2.24, 2.45) is 0 Å². The van der Waals surface area contributed by atoms with Crippen molar-refractivity contribution < 1.29 is 9.84 Å². The van der Waals surface area contributed by atoms with Gasteiger partial charge in [-0.1, -0.05) is 18.1 Å². The lowest BCUT2D eigenvalue weighted by atomic mass is 9.98. The van der Waals surface area contributed by atoms with Gasteiger partial charge in [-0.25, -0.2) is 4.68 Å². The standard InChI is InChI=1S/C12H19N3O2/c16-9-10-7-15(14-13-10)8-11-3-6-12(17-11)4-1-2-5-12/h7,11,16H,1-6,8-9H2. The highest BCUT2D eigenvalue weighted by Gasteiger charge is 2.42. The third kappa shape index (κ3) is 2.21. The van der Waals surface area contributed by atoms with Gasteiger partial charge in [0.15, 0.2) is 0 Å². The van der Waals surface area contributed by atoms with Crippen molar-refractivity contribution in [1.29, 1.82) is 0 Å². The predicted octanol–water partition coefficient (Wildman–Crippen LogP) is 1.26. The SMILES string of the molecule is OCc1cn(CC2CCC3(CCCC3)O2)nn1. The van der Waals surface area contributed by atoms with Crippen LogP contribution in [0.4, 0.5) is 0 Å². The highest BCUT2D eigenvalue weighted by Crippen LogP contribution is 2.43. The molecule has 1 saturated heterocycles. The van der Waals surface area contributed by atoms with Gasteiger partial charge < -0.3 is 9.84 Å². The van der Waals surface area contributed by atoms with E-state index >= 15 is 0 Å². The van der Waals surface area contributed by atoms with E-state index in [4.69, 9.17) is 9.84 Å². The third-order valence-electron chi connectivity index (χ3n) is 3.99. The van der Waals surface area contributed by atoms with Crippen molar-refractivity contribution in [3.63, 3.8) is 0 Å². The molecule has 1 aromatic heterocycles. The number of nitrogens with zero attached hydrogens (tertiary/aromatic N) is 3. The molecular formula is C12H19N3O2. The van der Waals surface area contributed by atoms with Crippen LogP contribution in [0.1, 0.15) is 44.2 Å². The number of aromatic nitrogens is 3. The summed E-state index contributed by atoms with van der Waals surface area (Å²) in [6, 6.07) is 0. The van der Waals surface area contributed by atoms with Crippen molar-refractivity contribution in [3.8, 4) is 0 Å². The van der Waals surface area contributed by atoms with Crippen LogP contribution in [-0.2, 0) is 17.9 Å². The lowest BCUT2D eigenvalue weighted by molar-refractivity contribution is -0.0430. The number of aliphatic hydroxyl groups is 1. The van der Waals surface area contributed by atoms with E-state index in [2.05, 4.69) is 10.3 Å². The summed E-state index contributed by atoms with van der Waals surface area (Å²) in [5.41, 5.74) is 0.809. The van der Waals surface area contributed by atoms with E-state index in [1.165, 1.54) is 32.1 Å². The van der Waals surface area contributed by atoms with E-state index in [9.17, 15) is 0 Å². The molecule has 2 fully saturated rings. The van der Waals surface area contributed by atoms with E-state index in [1.54, 1.807) is 10.9 Å². The molecule has 1 spiro atoms. The Morgan fingerprint density at radius 3 is 2.94 bits per heavy atom. The van der Waals surface area contributed by atoms with Crippen molar-refractivity contribution in [2.45, 2.75) is 63.4 Å². The first-order valence-corrected chi connectivity index (χ1v) is 6.47. The Bertz CT molecular complexity index is 385. The van der Waals surface area contributed by atoms with Crippen molar-refractivity contribution in [3.05, 3.63) is 11.9 Å². The molecule has 5 heteroatoms. The van der Waals surface area contributed by atoms with Crippen molar-refractivity contribution >= 4 is 0 Å². The monoisotopic (exact) mass is 237 g/mol. The summed E-state index contributed by atoms with van der Waals surface area (Å²) in [4.78, 5) is 0. The maximum absolute atomic E-state index is 8.93. The molecule has 1 N–H and O–H groups in total. The number of ether oxygens (including phenoxy) is 1. The molecule has 17 heavy (non-hydrogen) atoms. The Morgan fingerprint density at radius 2 is 2.24 bits per heavy atom. The van der Waals surface area contributed by atoms with Crippen LogP contribution >= 0.6 is 0 Å². The smallest absolute Gasteiger partial charge is 0.108 e. The Kier molecular flexibility index (Phi) is 2.88. The van der Waals surface area contributed by atoms with Crippen LogP contribution in [0, 0.1) is 0 Å². The molecule has 2 aliphatic rings. The van der Waals surface area contributed by atoms with Crippen LogP contribution in [0.15, 0.2) is 6.20 Å². The lowest BCUT2D eigenvalue weighted by Gasteiger charge is -2.23. The Labute approximate surface area is 101 Å². The van der Waals surface area contributed by atoms with Gasteiger partial charge >= 0.3 is 0 Å². The van der Waals surface area contributed by atoms with Gasteiger partial charge in [-0.15, -0.1) is 5.10 Å². The van der Waals surface area contributed by atoms with Gasteiger partial charge in [-0.3, -0.25) is 0 Å². The summed E-state index contributed by atoms with van der Waals surface area (Å²) in [7, 11) is 0. The molecule has 0 aromatic carbocycles. The summed E-state index contributed by atoms with van der Waals surface area (Å²) in [5, 5.41) is 16.8. The first-order valence-electron chi connectivity index (χ1n) is 6.47. The molecule has 1 aliphatic carbocycles. The van der Waals surface area contributed by atoms with Gasteiger partial charge in [0.05, 0.1) is 31.1 Å². The summed E-state index contributed by atoms with van der Waals surface area (Å²) >= 11 is 0. The highest BCUT2D eigenvalue weighted by atomic mass is 16.5. The molecule has 0 radical (unpaired) electrons. The van der Waals surface area contributed by atoms with Crippen LogP contribution in [0.5, 0.6) is 0 Å². The fraction of sp³-hybridized carbons (Fsp3) is 0.833. The van der Waals surface area contributed by atoms with Crippen LogP contribution in [0.3, 0.4) is 0 Å². The molecule has 1 aliphatic heterocycles. The van der Waals surface area contributed by atoms with Gasteiger partial charge in [-0.05, 0) is 25.7 Å². The van der Waals surface area contributed by atoms with E-state index < -0.39 is 0 Å². The molecule has 1 aromatic rings. The molecule has 1 saturated carbocycles. The first-order chi connectivity index (χ1) is 8.30. The second kappa shape index (κ2) is 4.38. The third-order valence-corrected chi connectivity index (χ3v) is 3.99. The average Bonchev–Trinajstić information content (AvgIpc) is 3.03. The van der Waals surface area contributed by atoms with E-state index in [-0.39, 0.29) is 18.3 Å². The zero-order chi connectivity index (χ0) is 11.7. The number of hydrogen-bond donors (Lipinski definition) is 1. The Hall–Kier alpha value is -0.940. The van der Waals surface area contributed by atoms with Gasteiger partial charge in [-0.2, -0.15) is 0 Å². The van der Waals surface area contributed by atoms with E-state index in [0.29, 0.717) is 5.69 Å². The molecule has 5 nitrogen and oxygen atoms in total. The summed E-state index contributed by atoms with van der Waals surface area (Å²) < 4.78 is 7.99. The normalized spacial score (nSPS) is 27.0. The summed E-state index contributed by atoms with van der Waals surface area (Å²) in [5.74, 6) is 0. The average molecular weight is 237 g/mol. The lowest BCUT2D eigenvalue weighted by Crippen LogP contribution is -2.26. The molecule has 3 rings (SSSR count). The van der Waals surface area contributed by atoms with Crippen molar-refractivity contribution in [2.75, 3.05) is 0 Å². The van der Waals surface area contributed by atoms with Crippen LogP contribution in [-0.4, -0.2) is 31.8 Å². The summed E-state index contributed by atoms with van der Waals surface area (Å²) in [6.45, 7) is 0.713. The molecule has 1 unspecified atom stereocenters. The maximum atomic E-state index is 8.93. The maximum Gasteiger partial charge on any atom is 0.108 e. The Morgan fingerprint density at radius 1 is 1.41 bits per heavy atom. The highest BCUT2D eigenvalue weighted by molar-refractivity contribution is 4.94. The van der Waals surface area contributed by atoms with E-state index in [1.807, 2.05) is 0 Å².